The van der Waals surface area contributed by atoms with E-state index in [9.17, 15) is 0 Å². The Hall–Kier alpha value is -2.34. The quantitative estimate of drug-likeness (QED) is 0.514. The Morgan fingerprint density at radius 1 is 1.28 bits per heavy atom. The van der Waals surface area contributed by atoms with Gasteiger partial charge in [0, 0.05) is 29.7 Å². The lowest BCUT2D eigenvalue weighted by Crippen LogP contribution is -2.14. The molecular formula is C12H14N6. The molecule has 0 saturated carbocycles. The average Bonchev–Trinajstić information content (AvgIpc) is 2.74. The number of aromatic nitrogens is 3. The highest BCUT2D eigenvalue weighted by Gasteiger charge is 2.10. The van der Waals surface area contributed by atoms with Gasteiger partial charge in [0.05, 0.1) is 5.39 Å². The van der Waals surface area contributed by atoms with Gasteiger partial charge in [-0.1, -0.05) is 0 Å². The number of hydrogen-bond donors (Lipinski definition) is 4. The Kier molecular flexibility index (Phi) is 2.49. The molecule has 1 aromatic carbocycles. The summed E-state index contributed by atoms with van der Waals surface area (Å²) in [5, 5.41) is 5.17. The minimum absolute atomic E-state index is 0.552. The number of nitrogens with one attached hydrogen (secondary N) is 2. The molecule has 0 radical (unpaired) electrons. The summed E-state index contributed by atoms with van der Waals surface area (Å²) >= 11 is 0. The minimum atomic E-state index is 0.552. The molecule has 2 aromatic heterocycles. The molecule has 0 saturated heterocycles. The van der Waals surface area contributed by atoms with Crippen LogP contribution < -0.4 is 16.8 Å². The van der Waals surface area contributed by atoms with Crippen molar-refractivity contribution in [3.8, 4) is 0 Å². The van der Waals surface area contributed by atoms with Crippen molar-refractivity contribution in [3.05, 3.63) is 24.5 Å². The summed E-state index contributed by atoms with van der Waals surface area (Å²) in [5.74, 6) is 0.780. The highest BCUT2D eigenvalue weighted by molar-refractivity contribution is 6.11. The van der Waals surface area contributed by atoms with Crippen molar-refractivity contribution in [1.82, 2.24) is 15.0 Å². The second-order valence-corrected chi connectivity index (χ2v) is 4.09. The summed E-state index contributed by atoms with van der Waals surface area (Å²) in [6, 6.07) is 5.72. The molecule has 0 aliphatic rings. The van der Waals surface area contributed by atoms with Crippen LogP contribution in [0.1, 0.15) is 0 Å². The predicted octanol–water partition coefficient (Wildman–Crippen LogP) is 1.06. The van der Waals surface area contributed by atoms with E-state index in [-0.39, 0.29) is 0 Å². The topological polar surface area (TPSA) is 106 Å². The monoisotopic (exact) mass is 242 g/mol. The summed E-state index contributed by atoms with van der Waals surface area (Å²) in [7, 11) is 0. The van der Waals surface area contributed by atoms with Crippen molar-refractivity contribution >= 4 is 33.4 Å². The van der Waals surface area contributed by atoms with Gasteiger partial charge in [-0.25, -0.2) is 9.97 Å². The second kappa shape index (κ2) is 4.15. The van der Waals surface area contributed by atoms with Gasteiger partial charge in [0.25, 0.3) is 0 Å². The molecule has 6 nitrogen and oxygen atoms in total. The lowest BCUT2D eigenvalue weighted by molar-refractivity contribution is 1.01. The van der Waals surface area contributed by atoms with Crippen molar-refractivity contribution in [2.75, 3.05) is 24.1 Å². The van der Waals surface area contributed by atoms with Crippen LogP contribution in [0.5, 0.6) is 0 Å². The van der Waals surface area contributed by atoms with Crippen LogP contribution in [-0.4, -0.2) is 28.0 Å². The number of nitrogens with zero attached hydrogens (tertiary/aromatic N) is 2. The zero-order valence-corrected chi connectivity index (χ0v) is 9.77. The van der Waals surface area contributed by atoms with E-state index < -0.39 is 0 Å². The molecule has 3 rings (SSSR count). The summed E-state index contributed by atoms with van der Waals surface area (Å²) in [4.78, 5) is 11.7. The maximum absolute atomic E-state index is 5.83. The van der Waals surface area contributed by atoms with Gasteiger partial charge in [-0.2, -0.15) is 0 Å². The zero-order chi connectivity index (χ0) is 12.5. The van der Waals surface area contributed by atoms with E-state index in [2.05, 4.69) is 20.3 Å². The Balaban J connectivity index is 2.29. The smallest absolute Gasteiger partial charge is 0.143 e. The highest BCUT2D eigenvalue weighted by Crippen LogP contribution is 2.29. The number of nitrogen functional groups attached to an aromatic ring is 1. The van der Waals surface area contributed by atoms with Gasteiger partial charge < -0.3 is 21.8 Å². The second-order valence-electron chi connectivity index (χ2n) is 4.09. The predicted molar refractivity (Wildman–Crippen MR) is 73.4 cm³/mol. The van der Waals surface area contributed by atoms with Crippen molar-refractivity contribution in [2.24, 2.45) is 5.73 Å². The van der Waals surface area contributed by atoms with Gasteiger partial charge in [0.15, 0.2) is 0 Å². The number of anilines is 2. The van der Waals surface area contributed by atoms with Crippen molar-refractivity contribution in [3.63, 3.8) is 0 Å². The Bertz CT molecular complexity index is 702. The molecule has 0 aliphatic heterocycles. The molecule has 0 aliphatic carbocycles. The van der Waals surface area contributed by atoms with Crippen LogP contribution in [0.3, 0.4) is 0 Å². The first-order chi connectivity index (χ1) is 8.79. The molecule has 0 amide bonds. The van der Waals surface area contributed by atoms with Crippen molar-refractivity contribution in [1.29, 1.82) is 0 Å². The molecule has 0 fully saturated rings. The van der Waals surface area contributed by atoms with E-state index in [4.69, 9.17) is 11.5 Å². The molecule has 2 heterocycles. The molecule has 0 bridgehead atoms. The van der Waals surface area contributed by atoms with E-state index >= 15 is 0 Å². The van der Waals surface area contributed by atoms with Crippen molar-refractivity contribution < 1.29 is 0 Å². The largest absolute Gasteiger partial charge is 0.399 e. The van der Waals surface area contributed by atoms with Gasteiger partial charge in [0.2, 0.25) is 0 Å². The summed E-state index contributed by atoms with van der Waals surface area (Å²) in [6.45, 7) is 1.22. The van der Waals surface area contributed by atoms with Crippen LogP contribution in [-0.2, 0) is 0 Å². The first-order valence-electron chi connectivity index (χ1n) is 5.75. The fraction of sp³-hybridized carbons (Fsp3) is 0.167. The Labute approximate surface area is 103 Å². The van der Waals surface area contributed by atoms with Gasteiger partial charge in [-0.3, -0.25) is 0 Å². The molecule has 18 heavy (non-hydrogen) atoms. The molecule has 0 unspecified atom stereocenters. The number of hydrogen-bond acceptors (Lipinski definition) is 5. The fourth-order valence-corrected chi connectivity index (χ4v) is 2.07. The number of aromatic amines is 1. The summed E-state index contributed by atoms with van der Waals surface area (Å²) < 4.78 is 0. The van der Waals surface area contributed by atoms with Crippen LogP contribution in [0, 0.1) is 0 Å². The van der Waals surface area contributed by atoms with E-state index in [1.807, 2.05) is 18.2 Å². The Morgan fingerprint density at radius 2 is 2.17 bits per heavy atom. The third kappa shape index (κ3) is 1.63. The SMILES string of the molecule is NCCNc1ncnc2[nH]c3ccc(N)cc3c12. The third-order valence-corrected chi connectivity index (χ3v) is 2.85. The highest BCUT2D eigenvalue weighted by atomic mass is 15.0. The molecule has 6 heteroatoms. The van der Waals surface area contributed by atoms with Gasteiger partial charge >= 0.3 is 0 Å². The van der Waals surface area contributed by atoms with E-state index in [1.54, 1.807) is 0 Å². The number of H-pyrrole nitrogens is 1. The molecule has 92 valence electrons. The van der Waals surface area contributed by atoms with Crippen molar-refractivity contribution in [2.45, 2.75) is 0 Å². The lowest BCUT2D eigenvalue weighted by atomic mass is 10.2. The van der Waals surface area contributed by atoms with Gasteiger partial charge in [-0.15, -0.1) is 0 Å². The van der Waals surface area contributed by atoms with E-state index in [0.29, 0.717) is 13.1 Å². The minimum Gasteiger partial charge on any atom is -0.399 e. The lowest BCUT2D eigenvalue weighted by Gasteiger charge is -2.04. The fourth-order valence-electron chi connectivity index (χ4n) is 2.07. The first kappa shape index (κ1) is 10.8. The molecule has 3 aromatic rings. The zero-order valence-electron chi connectivity index (χ0n) is 9.77. The molecule has 0 spiro atoms. The maximum Gasteiger partial charge on any atom is 0.143 e. The van der Waals surface area contributed by atoms with Gasteiger partial charge in [-0.05, 0) is 18.2 Å². The number of rotatable bonds is 3. The number of nitrogens with two attached hydrogens (primary N) is 2. The maximum atomic E-state index is 5.83. The average molecular weight is 242 g/mol. The van der Waals surface area contributed by atoms with Gasteiger partial charge in [0.1, 0.15) is 17.8 Å². The van der Waals surface area contributed by atoms with Crippen LogP contribution >= 0.6 is 0 Å². The van der Waals surface area contributed by atoms with E-state index in [0.717, 1.165) is 33.4 Å². The summed E-state index contributed by atoms with van der Waals surface area (Å²) in [5.41, 5.74) is 13.8. The van der Waals surface area contributed by atoms with Crippen LogP contribution in [0.15, 0.2) is 24.5 Å². The number of benzene rings is 1. The third-order valence-electron chi connectivity index (χ3n) is 2.85. The van der Waals surface area contributed by atoms with Crippen LogP contribution in [0.25, 0.3) is 21.9 Å². The molecule has 6 N–H and O–H groups in total. The molecule has 0 atom stereocenters. The van der Waals surface area contributed by atoms with Crippen LogP contribution in [0.4, 0.5) is 11.5 Å². The number of fused-ring (bicyclic) bond motifs is 3. The Morgan fingerprint density at radius 3 is 3.00 bits per heavy atom. The van der Waals surface area contributed by atoms with E-state index in [1.165, 1.54) is 6.33 Å². The molecular weight excluding hydrogens is 228 g/mol. The van der Waals surface area contributed by atoms with Crippen LogP contribution in [0.2, 0.25) is 0 Å². The standard InChI is InChI=1S/C12H14N6/c13-3-4-15-11-10-8-5-7(14)1-2-9(8)18-12(10)17-6-16-11/h1-2,5-6H,3-4,13-14H2,(H2,15,16,17,18). The first-order valence-corrected chi connectivity index (χ1v) is 5.75. The summed E-state index contributed by atoms with van der Waals surface area (Å²) in [6.07, 6.45) is 1.53. The normalized spacial score (nSPS) is 11.2.